The van der Waals surface area contributed by atoms with Gasteiger partial charge in [0.05, 0.1) is 12.7 Å². The molecule has 0 radical (unpaired) electrons. The van der Waals surface area contributed by atoms with Crippen LogP contribution in [0.2, 0.25) is 0 Å². The molecule has 0 aromatic heterocycles. The van der Waals surface area contributed by atoms with Crippen molar-refractivity contribution in [1.29, 1.82) is 0 Å². The van der Waals surface area contributed by atoms with Crippen LogP contribution in [0, 0.1) is 0 Å². The average Bonchev–Trinajstić information content (AvgIpc) is 2.41. The summed E-state index contributed by atoms with van der Waals surface area (Å²) in [6.07, 6.45) is -3.12. The Hall–Kier alpha value is -0.200. The fraction of sp³-hybridized carbons (Fsp3) is 1.00. The smallest absolute Gasteiger partial charge is 0.111 e. The van der Waals surface area contributed by atoms with E-state index in [2.05, 4.69) is 0 Å². The number of ether oxygens (including phenoxy) is 3. The third-order valence-corrected chi connectivity index (χ3v) is 2.52. The molecule has 1 aliphatic rings. The molecule has 1 rings (SSSR count). The lowest BCUT2D eigenvalue weighted by Crippen LogP contribution is -2.58. The van der Waals surface area contributed by atoms with Gasteiger partial charge in [-0.1, -0.05) is 27.7 Å². The highest BCUT2D eigenvalue weighted by molar-refractivity contribution is 4.91. The minimum Gasteiger partial charge on any atom is -0.388 e. The summed E-state index contributed by atoms with van der Waals surface area (Å²) in [5.74, 6) is 0. The molecule has 5 heteroatoms. The molecule has 5 nitrogen and oxygen atoms in total. The maximum atomic E-state index is 9.69. The molecule has 0 aromatic carbocycles. The topological polar surface area (TPSA) is 68.2 Å². The van der Waals surface area contributed by atoms with E-state index in [-0.39, 0.29) is 12.7 Å². The van der Waals surface area contributed by atoms with E-state index >= 15 is 0 Å². The summed E-state index contributed by atoms with van der Waals surface area (Å²) in [7, 11) is 3.01. The van der Waals surface area contributed by atoms with E-state index in [4.69, 9.17) is 14.2 Å². The maximum Gasteiger partial charge on any atom is 0.111 e. The summed E-state index contributed by atoms with van der Waals surface area (Å²) in [6.45, 7) is 10.1. The van der Waals surface area contributed by atoms with E-state index in [1.807, 2.05) is 27.7 Å². The number of aliphatic hydroxyl groups excluding tert-OH is 2. The monoisotopic (exact) mass is 266 g/mol. The fourth-order valence-electron chi connectivity index (χ4n) is 1.76. The third kappa shape index (κ3) is 5.63. The zero-order valence-corrected chi connectivity index (χ0v) is 12.7. The fourth-order valence-corrected chi connectivity index (χ4v) is 1.76. The van der Waals surface area contributed by atoms with Gasteiger partial charge in [0.25, 0.3) is 0 Å². The minimum atomic E-state index is -0.962. The van der Waals surface area contributed by atoms with Gasteiger partial charge < -0.3 is 24.4 Å². The van der Waals surface area contributed by atoms with E-state index in [0.717, 1.165) is 0 Å². The first kappa shape index (κ1) is 20.1. The van der Waals surface area contributed by atoms with Crippen molar-refractivity contribution in [1.82, 2.24) is 0 Å². The second kappa shape index (κ2) is 11.9. The van der Waals surface area contributed by atoms with Gasteiger partial charge in [-0.05, 0) is 6.92 Å². The van der Waals surface area contributed by atoms with Gasteiger partial charge in [0.15, 0.2) is 0 Å². The Morgan fingerprint density at radius 1 is 1.00 bits per heavy atom. The van der Waals surface area contributed by atoms with Gasteiger partial charge in [-0.15, -0.1) is 0 Å². The Kier molecular flexibility index (Phi) is 13.3. The summed E-state index contributed by atoms with van der Waals surface area (Å²) >= 11 is 0. The standard InChI is InChI=1S/C9H18O5.2C2H6/c1-5-9(13-3)8(11)7(10)6(14-5)4-12-2;2*1-2/h5-11H,4H2,1-3H3;2*1-2H3. The molecule has 0 bridgehead atoms. The van der Waals surface area contributed by atoms with E-state index < -0.39 is 24.4 Å². The number of rotatable bonds is 3. The molecule has 0 spiro atoms. The molecule has 112 valence electrons. The first-order valence-electron chi connectivity index (χ1n) is 6.65. The van der Waals surface area contributed by atoms with Crippen molar-refractivity contribution >= 4 is 0 Å². The summed E-state index contributed by atoms with van der Waals surface area (Å²) in [4.78, 5) is 0. The normalized spacial score (nSPS) is 34.8. The Morgan fingerprint density at radius 3 is 1.89 bits per heavy atom. The predicted molar refractivity (Wildman–Crippen MR) is 71.7 cm³/mol. The highest BCUT2D eigenvalue weighted by atomic mass is 16.6. The summed E-state index contributed by atoms with van der Waals surface area (Å²) in [6, 6.07) is 0. The van der Waals surface area contributed by atoms with E-state index in [9.17, 15) is 10.2 Å². The SMILES string of the molecule is CC.CC.COCC1OC(C)C(OC)C(O)C1O. The van der Waals surface area contributed by atoms with Gasteiger partial charge in [0.1, 0.15) is 24.4 Å². The maximum absolute atomic E-state index is 9.69. The second-order valence-corrected chi connectivity index (χ2v) is 3.52. The molecule has 5 unspecified atom stereocenters. The molecule has 0 saturated carbocycles. The molecule has 1 aliphatic heterocycles. The van der Waals surface area contributed by atoms with Crippen molar-refractivity contribution in [3.8, 4) is 0 Å². The largest absolute Gasteiger partial charge is 0.388 e. The molecule has 1 saturated heterocycles. The predicted octanol–water partition coefficient (Wildman–Crippen LogP) is 1.21. The molecule has 18 heavy (non-hydrogen) atoms. The van der Waals surface area contributed by atoms with Crippen LogP contribution in [0.15, 0.2) is 0 Å². The highest BCUT2D eigenvalue weighted by Crippen LogP contribution is 2.22. The van der Waals surface area contributed by atoms with Crippen LogP contribution in [0.1, 0.15) is 34.6 Å². The lowest BCUT2D eigenvalue weighted by molar-refractivity contribution is -0.232. The van der Waals surface area contributed by atoms with Crippen LogP contribution in [0.3, 0.4) is 0 Å². The molecule has 1 fully saturated rings. The van der Waals surface area contributed by atoms with E-state index in [0.29, 0.717) is 0 Å². The van der Waals surface area contributed by atoms with Crippen LogP contribution >= 0.6 is 0 Å². The van der Waals surface area contributed by atoms with Crippen LogP contribution in [0.5, 0.6) is 0 Å². The molecular formula is C13H30O5. The molecule has 5 atom stereocenters. The quantitative estimate of drug-likeness (QED) is 0.803. The first-order chi connectivity index (χ1) is 8.61. The second-order valence-electron chi connectivity index (χ2n) is 3.52. The number of hydrogen-bond acceptors (Lipinski definition) is 5. The summed E-state index contributed by atoms with van der Waals surface area (Å²) < 4.78 is 15.4. The zero-order chi connectivity index (χ0) is 14.7. The van der Waals surface area contributed by atoms with Crippen LogP contribution in [0.25, 0.3) is 0 Å². The van der Waals surface area contributed by atoms with Crippen molar-refractivity contribution in [2.75, 3.05) is 20.8 Å². The van der Waals surface area contributed by atoms with Gasteiger partial charge in [-0.25, -0.2) is 0 Å². The number of hydrogen-bond donors (Lipinski definition) is 2. The van der Waals surface area contributed by atoms with Gasteiger partial charge in [0, 0.05) is 14.2 Å². The van der Waals surface area contributed by atoms with Crippen molar-refractivity contribution in [2.45, 2.75) is 65.1 Å². The molecule has 1 heterocycles. The zero-order valence-electron chi connectivity index (χ0n) is 12.7. The lowest BCUT2D eigenvalue weighted by atomic mass is 9.96. The number of methoxy groups -OCH3 is 2. The van der Waals surface area contributed by atoms with Crippen molar-refractivity contribution in [3.05, 3.63) is 0 Å². The molecule has 0 aromatic rings. The third-order valence-electron chi connectivity index (χ3n) is 2.52. The minimum absolute atomic E-state index is 0.251. The number of aliphatic hydroxyl groups is 2. The summed E-state index contributed by atoms with van der Waals surface area (Å²) in [5, 5.41) is 19.3. The molecular weight excluding hydrogens is 236 g/mol. The average molecular weight is 266 g/mol. The molecule has 0 aliphatic carbocycles. The van der Waals surface area contributed by atoms with E-state index in [1.165, 1.54) is 14.2 Å². The van der Waals surface area contributed by atoms with Gasteiger partial charge >= 0.3 is 0 Å². The molecule has 2 N–H and O–H groups in total. The molecule has 0 amide bonds. The Bertz CT molecular complexity index is 175. The Morgan fingerprint density at radius 2 is 1.50 bits per heavy atom. The van der Waals surface area contributed by atoms with Gasteiger partial charge in [-0.3, -0.25) is 0 Å². The van der Waals surface area contributed by atoms with Crippen LogP contribution in [-0.4, -0.2) is 61.6 Å². The summed E-state index contributed by atoms with van der Waals surface area (Å²) in [5.41, 5.74) is 0. The lowest BCUT2D eigenvalue weighted by Gasteiger charge is -2.40. The van der Waals surface area contributed by atoms with Crippen molar-refractivity contribution < 1.29 is 24.4 Å². The van der Waals surface area contributed by atoms with Crippen LogP contribution in [-0.2, 0) is 14.2 Å². The van der Waals surface area contributed by atoms with Gasteiger partial charge in [-0.2, -0.15) is 0 Å². The van der Waals surface area contributed by atoms with Crippen LogP contribution < -0.4 is 0 Å². The van der Waals surface area contributed by atoms with Gasteiger partial charge in [0.2, 0.25) is 0 Å². The van der Waals surface area contributed by atoms with E-state index in [1.54, 1.807) is 6.92 Å². The van der Waals surface area contributed by atoms with Crippen molar-refractivity contribution in [3.63, 3.8) is 0 Å². The Balaban J connectivity index is 0. The Labute approximate surface area is 111 Å². The highest BCUT2D eigenvalue weighted by Gasteiger charge is 2.42. The first-order valence-corrected chi connectivity index (χ1v) is 6.65. The van der Waals surface area contributed by atoms with Crippen molar-refractivity contribution in [2.24, 2.45) is 0 Å². The van der Waals surface area contributed by atoms with Crippen LogP contribution in [0.4, 0.5) is 0 Å².